The normalized spacial score (nSPS) is 12.3. The number of hydrogen-bond donors (Lipinski definition) is 7. The van der Waals surface area contributed by atoms with Crippen LogP contribution in [-0.4, -0.2) is 77.1 Å². The number of carbonyl (C=O) groups is 3. The van der Waals surface area contributed by atoms with E-state index in [1.165, 1.54) is 62.5 Å². The summed E-state index contributed by atoms with van der Waals surface area (Å²) >= 11 is 17.1. The molecule has 2 aliphatic rings. The first kappa shape index (κ1) is 80.6. The number of hydrogen-bond acceptors (Lipinski definition) is 21. The number of nitrogens with two attached hydrogens (primary N) is 4. The van der Waals surface area contributed by atoms with Crippen molar-refractivity contribution in [3.8, 4) is 11.8 Å². The fourth-order valence-electron chi connectivity index (χ4n) is 10.8. The molecule has 0 spiro atoms. The van der Waals surface area contributed by atoms with Gasteiger partial charge in [0.05, 0.1) is 23.8 Å². The zero-order valence-electron chi connectivity index (χ0n) is 56.4. The Labute approximate surface area is 625 Å². The van der Waals surface area contributed by atoms with E-state index in [4.69, 9.17) is 67.6 Å². The van der Waals surface area contributed by atoms with Crippen molar-refractivity contribution in [2.45, 2.75) is 103 Å². The van der Waals surface area contributed by atoms with Gasteiger partial charge in [-0.2, -0.15) is 19.9 Å². The summed E-state index contributed by atoms with van der Waals surface area (Å²) in [5.41, 5.74) is 29.3. The molecule has 2 aliphatic carbocycles. The topological polar surface area (TPSA) is 349 Å². The number of aldehydes is 3. The summed E-state index contributed by atoms with van der Waals surface area (Å²) in [4.78, 5) is 77.8. The van der Waals surface area contributed by atoms with Gasteiger partial charge in [-0.15, -0.1) is 6.61 Å². The number of aromatic nitrogens is 8. The average Bonchev–Trinajstić information content (AvgIpc) is 0.814. The third kappa shape index (κ3) is 28.7. The van der Waals surface area contributed by atoms with Gasteiger partial charge in [0.1, 0.15) is 32.7 Å². The van der Waals surface area contributed by atoms with Crippen molar-refractivity contribution in [1.82, 2.24) is 45.2 Å². The molecule has 2 saturated carbocycles. The van der Waals surface area contributed by atoms with E-state index in [0.717, 1.165) is 60.5 Å². The van der Waals surface area contributed by atoms with Gasteiger partial charge in [-0.3, -0.25) is 24.2 Å². The number of aromatic hydroxyl groups is 1. The number of carbonyl (C=O) groups excluding carboxylic acids is 3. The van der Waals surface area contributed by atoms with Crippen LogP contribution in [0, 0.1) is 11.8 Å². The maximum atomic E-state index is 12.2. The van der Waals surface area contributed by atoms with Gasteiger partial charge in [0, 0.05) is 39.3 Å². The summed E-state index contributed by atoms with van der Waals surface area (Å²) in [7, 11) is 0. The van der Waals surface area contributed by atoms with Crippen molar-refractivity contribution in [2.75, 3.05) is 45.9 Å². The van der Waals surface area contributed by atoms with Gasteiger partial charge in [-0.25, -0.2) is 15.0 Å². The molecule has 6 aromatic carbocycles. The van der Waals surface area contributed by atoms with Crippen LogP contribution in [0.15, 0.2) is 193 Å². The van der Waals surface area contributed by atoms with Gasteiger partial charge in [-0.05, 0) is 52.1 Å². The van der Waals surface area contributed by atoms with E-state index >= 15 is 0 Å². The Morgan fingerprint density at radius 2 is 0.812 bits per heavy atom. The number of halogens is 3. The van der Waals surface area contributed by atoms with E-state index in [2.05, 4.69) is 123 Å². The Bertz CT molecular complexity index is 3960. The summed E-state index contributed by atoms with van der Waals surface area (Å²) < 4.78 is 6.05. The largest absolute Gasteiger partial charge is 1.00 e. The van der Waals surface area contributed by atoms with E-state index < -0.39 is 5.56 Å². The predicted molar refractivity (Wildman–Crippen MR) is 394 cm³/mol. The van der Waals surface area contributed by atoms with Crippen LogP contribution in [-0.2, 0) is 39.3 Å². The predicted octanol–water partition coefficient (Wildman–Crippen LogP) is 9.91. The maximum Gasteiger partial charge on any atom is 1.00 e. The zero-order valence-corrected chi connectivity index (χ0v) is 60.6. The van der Waals surface area contributed by atoms with Crippen molar-refractivity contribution in [3.05, 3.63) is 264 Å². The molecular formula is C75H83Cl3N15NaO7. The number of rotatable bonds is 21. The standard InChI is InChI=1S/C26H30N4O2.C19H17ClN4O.C14H15N.C7H13O.C5H3Cl2N3O.C4H5N3O2.Na/c27-26-28-24(23(18-31)25(29-26)32-19-22-14-8-3-9-15-22)30(16-20-10-4-1-5-11-20)17-21-12-6-2-7-13-21;20-17-16(13-25)18(23-19(21)22-17)24(11-14-7-3-1-4-8-14)12-15-9-5-2-6-10-15;1-3-7-13(8-4-1)11-15-12-14-9-5-2-6-10-14;8-6-7-4-2-1-3-5-7;6-3-2(1-11)4(7)10-5(8)9-3;5-4-6-2(8)1-3(9)7-4;/h1-2,4-7,10-13,18,22H,3,8-9,14-17,19H2,(H2,27,28,29);1-10,13H,11-12H2,(H2,21,22,23);1-10,15H,11-12H2;7H,1-6H2;1H,(H2,8,9,10);1H,(H4,5,6,7,8,9);/q;;;-1;;;+1. The number of aromatic amines is 1. The third-order valence-corrected chi connectivity index (χ3v) is 16.6. The molecule has 0 radical (unpaired) electrons. The van der Waals surface area contributed by atoms with Gasteiger partial charge in [-0.1, -0.05) is 274 Å². The first-order valence-electron chi connectivity index (χ1n) is 32.7. The minimum Gasteiger partial charge on any atom is -0.854 e. The van der Waals surface area contributed by atoms with Crippen LogP contribution in [0.3, 0.4) is 0 Å². The molecule has 0 unspecified atom stereocenters. The number of anilines is 6. The summed E-state index contributed by atoms with van der Waals surface area (Å²) in [6.07, 6.45) is 14.3. The molecule has 12 rings (SSSR count). The Hall–Kier alpha value is -9.36. The molecule has 2 fully saturated rings. The minimum absolute atomic E-state index is 0. The average molecular weight is 1440 g/mol. The fraction of sp³-hybridized carbons (Fsp3) is 0.267. The van der Waals surface area contributed by atoms with Gasteiger partial charge in [0.25, 0.3) is 5.56 Å². The maximum absolute atomic E-state index is 12.2. The molecule has 101 heavy (non-hydrogen) atoms. The van der Waals surface area contributed by atoms with E-state index in [1.807, 2.05) is 114 Å². The van der Waals surface area contributed by atoms with Crippen molar-refractivity contribution in [2.24, 2.45) is 11.8 Å². The Morgan fingerprint density at radius 1 is 0.475 bits per heavy atom. The van der Waals surface area contributed by atoms with Crippen LogP contribution in [0.1, 0.15) is 129 Å². The van der Waals surface area contributed by atoms with Gasteiger partial charge in [0.15, 0.2) is 18.9 Å². The van der Waals surface area contributed by atoms with Gasteiger partial charge >= 0.3 is 29.6 Å². The molecule has 4 heterocycles. The fourth-order valence-corrected chi connectivity index (χ4v) is 11.5. The second kappa shape index (κ2) is 44.7. The SMILES string of the molecule is Nc1nc(Cl)c(C=O)c(Cl)n1.Nc1nc(Cl)c(C=O)c(N(Cc2ccccc2)Cc2ccccc2)n1.Nc1nc(O)cc(=O)[nH]1.Nc1nc(OCC2CCCCC2)c(C=O)c(N(Cc2ccccc2)Cc2ccccc2)n1.[Na+].[O-]CC1CCCCC1.c1ccc(CNCc2ccccc2)cc1. The minimum atomic E-state index is -0.458. The van der Waals surface area contributed by atoms with Crippen LogP contribution in [0.2, 0.25) is 15.5 Å². The third-order valence-electron chi connectivity index (χ3n) is 15.7. The Kier molecular flexibility index (Phi) is 35.7. The van der Waals surface area contributed by atoms with E-state index in [0.29, 0.717) is 74.4 Å². The number of nitrogen functional groups attached to an aromatic ring is 4. The first-order chi connectivity index (χ1) is 48.6. The number of nitrogens with one attached hydrogen (secondary N) is 2. The van der Waals surface area contributed by atoms with Gasteiger partial charge < -0.3 is 53.0 Å². The monoisotopic (exact) mass is 1430 g/mol. The van der Waals surface area contributed by atoms with Crippen LogP contribution < -0.4 is 83.0 Å². The number of benzene rings is 6. The molecule has 10 aromatic rings. The molecule has 522 valence electrons. The van der Waals surface area contributed by atoms with Crippen LogP contribution >= 0.6 is 34.8 Å². The van der Waals surface area contributed by atoms with Crippen molar-refractivity contribution in [1.29, 1.82) is 0 Å². The summed E-state index contributed by atoms with van der Waals surface area (Å²) in [6.45, 7) is 4.84. The number of ether oxygens (including phenoxy) is 1. The van der Waals surface area contributed by atoms with Gasteiger partial charge in [0.2, 0.25) is 35.6 Å². The quantitative estimate of drug-likeness (QED) is 0.0200. The van der Waals surface area contributed by atoms with Crippen molar-refractivity contribution in [3.63, 3.8) is 0 Å². The van der Waals surface area contributed by atoms with E-state index in [1.54, 1.807) is 0 Å². The molecule has 0 bridgehead atoms. The molecule has 0 atom stereocenters. The molecule has 0 saturated heterocycles. The number of nitrogens with zero attached hydrogens (tertiary/aromatic N) is 9. The van der Waals surface area contributed by atoms with E-state index in [9.17, 15) is 24.3 Å². The molecule has 22 nitrogen and oxygen atoms in total. The van der Waals surface area contributed by atoms with Crippen molar-refractivity contribution < 1.29 is 58.9 Å². The second-order valence-corrected chi connectivity index (χ2v) is 24.4. The molecule has 0 amide bonds. The molecular weight excluding hydrogens is 1350 g/mol. The molecule has 11 N–H and O–H groups in total. The molecule has 0 aliphatic heterocycles. The summed E-state index contributed by atoms with van der Waals surface area (Å²) in [5.74, 6) is 1.88. The molecule has 26 heteroatoms. The van der Waals surface area contributed by atoms with Crippen molar-refractivity contribution >= 4 is 89.1 Å². The second-order valence-electron chi connectivity index (χ2n) is 23.4. The smallest absolute Gasteiger partial charge is 0.854 e. The summed E-state index contributed by atoms with van der Waals surface area (Å²) in [5, 5.41) is 22.3. The first-order valence-corrected chi connectivity index (χ1v) is 33.8. The molecule has 4 aromatic heterocycles. The van der Waals surface area contributed by atoms with Crippen LogP contribution in [0.5, 0.6) is 11.8 Å². The Morgan fingerprint density at radius 3 is 1.16 bits per heavy atom. The summed E-state index contributed by atoms with van der Waals surface area (Å²) in [6, 6.07) is 62.0. The van der Waals surface area contributed by atoms with Crippen LogP contribution in [0.25, 0.3) is 0 Å². The zero-order chi connectivity index (χ0) is 71.3. The van der Waals surface area contributed by atoms with Crippen LogP contribution in [0.4, 0.5) is 35.4 Å². The van der Waals surface area contributed by atoms with E-state index in [-0.39, 0.29) is 98.3 Å². The number of H-pyrrole nitrogens is 1. The Balaban J connectivity index is 0.000000205.